The summed E-state index contributed by atoms with van der Waals surface area (Å²) in [6, 6.07) is 13.9. The molecule has 0 spiro atoms. The van der Waals surface area contributed by atoms with Crippen molar-refractivity contribution in [3.8, 4) is 11.1 Å². The number of alkyl carbamates (subject to hydrolysis) is 1. The first kappa shape index (κ1) is 23.8. The third kappa shape index (κ3) is 5.75. The monoisotopic (exact) mass is 466 g/mol. The van der Waals surface area contributed by atoms with Crippen LogP contribution < -0.4 is 16.0 Å². The summed E-state index contributed by atoms with van der Waals surface area (Å²) >= 11 is 0. The number of ether oxygens (including phenoxy) is 1. The van der Waals surface area contributed by atoms with Crippen molar-refractivity contribution in [2.75, 3.05) is 19.6 Å². The molecule has 1 aliphatic rings. The highest BCUT2D eigenvalue weighted by Gasteiger charge is 2.26. The van der Waals surface area contributed by atoms with Crippen LogP contribution in [0.2, 0.25) is 0 Å². The van der Waals surface area contributed by atoms with Gasteiger partial charge in [-0.05, 0) is 56.9 Å². The van der Waals surface area contributed by atoms with E-state index in [-0.39, 0.29) is 23.7 Å². The highest BCUT2D eigenvalue weighted by molar-refractivity contribution is 6.09. The van der Waals surface area contributed by atoms with Gasteiger partial charge in [0.2, 0.25) is 0 Å². The largest absolute Gasteiger partial charge is 0.444 e. The Hall–Kier alpha value is -3.39. The van der Waals surface area contributed by atoms with Gasteiger partial charge in [0.1, 0.15) is 17.1 Å². The molecule has 2 heterocycles. The van der Waals surface area contributed by atoms with Crippen molar-refractivity contribution in [2.45, 2.75) is 38.8 Å². The van der Waals surface area contributed by atoms with E-state index in [1.54, 1.807) is 12.1 Å². The predicted molar refractivity (Wildman–Crippen MR) is 130 cm³/mol. The maximum Gasteiger partial charge on any atom is 0.407 e. The summed E-state index contributed by atoms with van der Waals surface area (Å²) in [7, 11) is 0. The minimum Gasteiger partial charge on any atom is -0.444 e. The number of aromatic nitrogens is 1. The van der Waals surface area contributed by atoms with E-state index >= 15 is 0 Å². The smallest absolute Gasteiger partial charge is 0.407 e. The van der Waals surface area contributed by atoms with Crippen molar-refractivity contribution in [3.63, 3.8) is 0 Å². The van der Waals surface area contributed by atoms with E-state index in [0.29, 0.717) is 18.8 Å². The minimum atomic E-state index is -0.528. The summed E-state index contributed by atoms with van der Waals surface area (Å²) in [6.45, 7) is 7.22. The fourth-order valence-electron chi connectivity index (χ4n) is 4.29. The highest BCUT2D eigenvalue weighted by atomic mass is 19.1. The Labute approximate surface area is 198 Å². The highest BCUT2D eigenvalue weighted by Crippen LogP contribution is 2.32. The zero-order chi connectivity index (χ0) is 24.3. The Morgan fingerprint density at radius 2 is 1.79 bits per heavy atom. The zero-order valence-electron chi connectivity index (χ0n) is 19.7. The standard InChI is InChI=1S/C26H31FN4O3/c1-26(2,3)34-25(33)30-14-16-12-19(28-13-16)15-29-24(32)23-22(17-8-10-18(27)11-9-17)20-6-4-5-7-21(20)31-23/h4-11,16,19,28,31H,12-15H2,1-3H3,(H,29,32)(H,30,33)/t16-,19?/m0/s1. The van der Waals surface area contributed by atoms with Gasteiger partial charge in [-0.25, -0.2) is 9.18 Å². The maximum atomic E-state index is 13.5. The number of hydrogen-bond donors (Lipinski definition) is 4. The predicted octanol–water partition coefficient (Wildman–Crippen LogP) is 4.21. The third-order valence-electron chi connectivity index (χ3n) is 5.82. The number of carbonyl (C=O) groups is 2. The molecule has 8 heteroatoms. The van der Waals surface area contributed by atoms with Crippen LogP contribution in [0.5, 0.6) is 0 Å². The first-order valence-corrected chi connectivity index (χ1v) is 11.5. The van der Waals surface area contributed by atoms with Crippen molar-refractivity contribution in [3.05, 3.63) is 60.0 Å². The van der Waals surface area contributed by atoms with Crippen molar-refractivity contribution >= 4 is 22.9 Å². The van der Waals surface area contributed by atoms with Crippen LogP contribution in [-0.4, -0.2) is 48.3 Å². The molecule has 1 saturated heterocycles. The van der Waals surface area contributed by atoms with Crippen molar-refractivity contribution in [2.24, 2.45) is 5.92 Å². The van der Waals surface area contributed by atoms with E-state index in [1.807, 2.05) is 45.0 Å². The molecule has 0 bridgehead atoms. The number of H-pyrrole nitrogens is 1. The van der Waals surface area contributed by atoms with Gasteiger partial charge in [-0.1, -0.05) is 30.3 Å². The Kier molecular flexibility index (Phi) is 6.88. The van der Waals surface area contributed by atoms with Crippen LogP contribution in [0.3, 0.4) is 0 Å². The van der Waals surface area contributed by atoms with Crippen LogP contribution in [0.4, 0.5) is 9.18 Å². The number of carbonyl (C=O) groups excluding carboxylic acids is 2. The SMILES string of the molecule is CC(C)(C)OC(=O)NC[C@@H]1CNC(CNC(=O)c2[nH]c3ccccc3c2-c2ccc(F)cc2)C1. The van der Waals surface area contributed by atoms with Gasteiger partial charge in [0.15, 0.2) is 0 Å². The van der Waals surface area contributed by atoms with Crippen LogP contribution in [0.1, 0.15) is 37.7 Å². The number of aromatic amines is 1. The van der Waals surface area contributed by atoms with Gasteiger partial charge >= 0.3 is 6.09 Å². The first-order chi connectivity index (χ1) is 16.2. The number of fused-ring (bicyclic) bond motifs is 1. The van der Waals surface area contributed by atoms with Crippen LogP contribution in [0, 0.1) is 11.7 Å². The number of para-hydroxylation sites is 1. The van der Waals surface area contributed by atoms with Gasteiger partial charge in [0.25, 0.3) is 5.91 Å². The van der Waals surface area contributed by atoms with Crippen LogP contribution >= 0.6 is 0 Å². The topological polar surface area (TPSA) is 95.2 Å². The quantitative estimate of drug-likeness (QED) is 0.438. The molecule has 34 heavy (non-hydrogen) atoms. The van der Waals surface area contributed by atoms with Crippen molar-refractivity contribution in [1.82, 2.24) is 20.9 Å². The second-order valence-electron chi connectivity index (χ2n) is 9.73. The molecule has 2 aromatic carbocycles. The molecule has 2 amide bonds. The van der Waals surface area contributed by atoms with E-state index in [9.17, 15) is 14.0 Å². The van der Waals surface area contributed by atoms with Crippen molar-refractivity contribution in [1.29, 1.82) is 0 Å². The van der Waals surface area contributed by atoms with E-state index in [0.717, 1.165) is 35.0 Å². The lowest BCUT2D eigenvalue weighted by Gasteiger charge is -2.20. The fraction of sp³-hybridized carbons (Fsp3) is 0.385. The number of rotatable bonds is 6. The Morgan fingerprint density at radius 1 is 1.06 bits per heavy atom. The maximum absolute atomic E-state index is 13.5. The summed E-state index contributed by atoms with van der Waals surface area (Å²) in [4.78, 5) is 28.2. The number of hydrogen-bond acceptors (Lipinski definition) is 4. The van der Waals surface area contributed by atoms with Crippen LogP contribution in [0.25, 0.3) is 22.0 Å². The lowest BCUT2D eigenvalue weighted by atomic mass is 10.0. The third-order valence-corrected chi connectivity index (χ3v) is 5.82. The number of benzene rings is 2. The molecule has 1 aliphatic heterocycles. The second-order valence-corrected chi connectivity index (χ2v) is 9.73. The van der Waals surface area contributed by atoms with Crippen LogP contribution in [-0.2, 0) is 4.74 Å². The van der Waals surface area contributed by atoms with E-state index in [1.165, 1.54) is 12.1 Å². The van der Waals surface area contributed by atoms with Gasteiger partial charge in [-0.2, -0.15) is 0 Å². The molecular weight excluding hydrogens is 435 g/mol. The molecule has 0 saturated carbocycles. The van der Waals surface area contributed by atoms with Gasteiger partial charge < -0.3 is 25.7 Å². The zero-order valence-corrected chi connectivity index (χ0v) is 19.7. The molecule has 4 rings (SSSR count). The summed E-state index contributed by atoms with van der Waals surface area (Å²) in [6.07, 6.45) is 0.407. The average Bonchev–Trinajstić information content (AvgIpc) is 3.40. The number of amides is 2. The molecule has 2 atom stereocenters. The molecule has 1 aromatic heterocycles. The molecule has 3 aromatic rings. The molecule has 1 fully saturated rings. The molecule has 0 radical (unpaired) electrons. The second kappa shape index (κ2) is 9.85. The first-order valence-electron chi connectivity index (χ1n) is 11.5. The molecule has 180 valence electrons. The summed E-state index contributed by atoms with van der Waals surface area (Å²) in [5.74, 6) is -0.275. The normalized spacial score (nSPS) is 18.1. The Bertz CT molecular complexity index is 1170. The molecule has 0 aliphatic carbocycles. The molecule has 4 N–H and O–H groups in total. The summed E-state index contributed by atoms with van der Waals surface area (Å²) in [5.41, 5.74) is 2.30. The minimum absolute atomic E-state index is 0.105. The number of halogens is 1. The Morgan fingerprint density at radius 3 is 2.53 bits per heavy atom. The van der Waals surface area contributed by atoms with Crippen LogP contribution in [0.15, 0.2) is 48.5 Å². The molecule has 1 unspecified atom stereocenters. The Balaban J connectivity index is 1.38. The molecule has 7 nitrogen and oxygen atoms in total. The lowest BCUT2D eigenvalue weighted by Crippen LogP contribution is -2.37. The van der Waals surface area contributed by atoms with E-state index < -0.39 is 11.7 Å². The van der Waals surface area contributed by atoms with Gasteiger partial charge in [-0.15, -0.1) is 0 Å². The summed E-state index contributed by atoms with van der Waals surface area (Å²) < 4.78 is 18.8. The average molecular weight is 467 g/mol. The van der Waals surface area contributed by atoms with Crippen molar-refractivity contribution < 1.29 is 18.7 Å². The lowest BCUT2D eigenvalue weighted by molar-refractivity contribution is 0.0520. The van der Waals surface area contributed by atoms with Gasteiger partial charge in [0.05, 0.1) is 0 Å². The molecular formula is C26H31FN4O3. The van der Waals surface area contributed by atoms with Gasteiger partial charge in [-0.3, -0.25) is 4.79 Å². The van der Waals surface area contributed by atoms with E-state index in [2.05, 4.69) is 20.9 Å². The van der Waals surface area contributed by atoms with Gasteiger partial charge in [0, 0.05) is 42.1 Å². The number of nitrogens with one attached hydrogen (secondary N) is 4. The fourth-order valence-corrected chi connectivity index (χ4v) is 4.29. The summed E-state index contributed by atoms with van der Waals surface area (Å²) in [5, 5.41) is 10.2. The van der Waals surface area contributed by atoms with E-state index in [4.69, 9.17) is 4.74 Å².